The van der Waals surface area contributed by atoms with Crippen molar-refractivity contribution in [1.29, 1.82) is 0 Å². The van der Waals surface area contributed by atoms with Gasteiger partial charge in [-0.1, -0.05) is 18.2 Å². The summed E-state index contributed by atoms with van der Waals surface area (Å²) in [6.07, 6.45) is -1.02. The summed E-state index contributed by atoms with van der Waals surface area (Å²) >= 11 is 1.07. The first-order valence-electron chi connectivity index (χ1n) is 11.4. The van der Waals surface area contributed by atoms with E-state index < -0.39 is 55.5 Å². The first kappa shape index (κ1) is 28.4. The number of primary sulfonamides is 1. The fourth-order valence-electron chi connectivity index (χ4n) is 4.15. The quantitative estimate of drug-likeness (QED) is 0.319. The lowest BCUT2D eigenvalue weighted by Gasteiger charge is -2.20. The molecule has 1 aliphatic rings. The molecule has 38 heavy (non-hydrogen) atoms. The molecule has 1 aromatic heterocycles. The van der Waals surface area contributed by atoms with Gasteiger partial charge in [0.1, 0.15) is 11.2 Å². The van der Waals surface area contributed by atoms with Gasteiger partial charge in [-0.3, -0.25) is 10.1 Å². The van der Waals surface area contributed by atoms with E-state index in [1.54, 1.807) is 42.5 Å². The zero-order chi connectivity index (χ0) is 27.9. The maximum atomic E-state index is 13.5. The lowest BCUT2D eigenvalue weighted by Crippen LogP contribution is -2.41. The average Bonchev–Trinajstić information content (AvgIpc) is 3.38. The normalized spacial score (nSPS) is 17.6. The van der Waals surface area contributed by atoms with Gasteiger partial charge < -0.3 is 10.0 Å². The van der Waals surface area contributed by atoms with Crippen LogP contribution in [0.3, 0.4) is 0 Å². The second-order valence-corrected chi connectivity index (χ2v) is 14.1. The number of nitrogens with zero attached hydrogens (tertiary/aromatic N) is 2. The topological polar surface area (TPSA) is 160 Å². The molecule has 2 unspecified atom stereocenters. The van der Waals surface area contributed by atoms with Crippen LogP contribution in [0.15, 0.2) is 42.5 Å². The first-order valence-corrected chi connectivity index (χ1v) is 15.9. The number of sulfone groups is 1. The van der Waals surface area contributed by atoms with E-state index in [0.717, 1.165) is 33.6 Å². The Bertz CT molecular complexity index is 1560. The summed E-state index contributed by atoms with van der Waals surface area (Å²) in [5.41, 5.74) is 2.30. The molecule has 10 nitrogen and oxygen atoms in total. The number of aliphatic hydroxyl groups is 1. The fraction of sp³-hybridized carbons (Fsp3) is 0.391. The summed E-state index contributed by atoms with van der Waals surface area (Å²) < 4.78 is 74.8. The van der Waals surface area contributed by atoms with Crippen molar-refractivity contribution in [2.45, 2.75) is 23.8 Å². The van der Waals surface area contributed by atoms with Crippen LogP contribution in [0.4, 0.5) is 8.78 Å². The number of benzene rings is 2. The van der Waals surface area contributed by atoms with E-state index in [9.17, 15) is 35.5 Å². The van der Waals surface area contributed by atoms with Gasteiger partial charge in [0.2, 0.25) is 10.0 Å². The second kappa shape index (κ2) is 10.5. The van der Waals surface area contributed by atoms with Gasteiger partial charge in [-0.2, -0.15) is 0 Å². The highest BCUT2D eigenvalue weighted by Crippen LogP contribution is 2.35. The van der Waals surface area contributed by atoms with E-state index in [1.807, 2.05) is 0 Å². The Morgan fingerprint density at radius 1 is 1.18 bits per heavy atom. The van der Waals surface area contributed by atoms with Crippen LogP contribution < -0.4 is 10.5 Å². The summed E-state index contributed by atoms with van der Waals surface area (Å²) in [5.74, 6) is -3.82. The molecule has 2 heterocycles. The van der Waals surface area contributed by atoms with Gasteiger partial charge in [-0.05, 0) is 35.4 Å². The number of amides is 1. The molecule has 4 rings (SSSR count). The number of nitrogens with two attached hydrogens (primary N) is 1. The number of hydrogen-bond acceptors (Lipinski definition) is 9. The van der Waals surface area contributed by atoms with Crippen molar-refractivity contribution in [2.75, 3.05) is 31.6 Å². The van der Waals surface area contributed by atoms with Crippen molar-refractivity contribution < 1.29 is 35.5 Å². The predicted molar refractivity (Wildman–Crippen MR) is 140 cm³/mol. The van der Waals surface area contributed by atoms with E-state index >= 15 is 0 Å². The molecule has 2 aromatic carbocycles. The van der Waals surface area contributed by atoms with Crippen molar-refractivity contribution in [3.63, 3.8) is 0 Å². The number of fused-ring (bicyclic) bond motifs is 1. The number of aromatic nitrogens is 1. The standard InChI is InChI=1S/C23H26F2N4O6S3/c1-37(32,33)19(20(30)27-9-11-38(26,34)35)21-28-17-7-6-16(12-18(17)36-21)14-2-4-15(5-3-14)22(31)29-10-8-23(24,25)13-29/h2-7,12,19-20,27,30H,8-11,13H2,1H3,(H2,26,34,35). The van der Waals surface area contributed by atoms with E-state index in [-0.39, 0.29) is 24.5 Å². The highest BCUT2D eigenvalue weighted by Gasteiger charge is 2.40. The molecule has 0 saturated carbocycles. The Kier molecular flexibility index (Phi) is 7.89. The minimum atomic E-state index is -3.85. The summed E-state index contributed by atoms with van der Waals surface area (Å²) in [6, 6.07) is 11.8. The maximum absolute atomic E-state index is 13.5. The molecule has 2 atom stereocenters. The number of likely N-dealkylation sites (tertiary alicyclic amines) is 1. The number of thiazole rings is 1. The van der Waals surface area contributed by atoms with Gasteiger partial charge >= 0.3 is 0 Å². The number of halogens is 2. The molecule has 0 radical (unpaired) electrons. The molecule has 0 bridgehead atoms. The smallest absolute Gasteiger partial charge is 0.267 e. The SMILES string of the molecule is CS(=O)(=O)C(c1nc2ccc(-c3ccc(C(=O)N4CCC(F)(F)C4)cc3)cc2s1)C(O)NCCS(N)(=O)=O. The van der Waals surface area contributed by atoms with Crippen LogP contribution in [0.25, 0.3) is 21.3 Å². The molecule has 1 aliphatic heterocycles. The molecule has 1 amide bonds. The number of rotatable bonds is 9. The number of aliphatic hydroxyl groups excluding tert-OH is 1. The van der Waals surface area contributed by atoms with Crippen LogP contribution in [0.1, 0.15) is 27.0 Å². The van der Waals surface area contributed by atoms with Crippen molar-refractivity contribution in [3.8, 4) is 11.1 Å². The van der Waals surface area contributed by atoms with E-state index in [1.165, 1.54) is 0 Å². The van der Waals surface area contributed by atoms with Gasteiger partial charge in [-0.15, -0.1) is 11.3 Å². The third-order valence-corrected chi connectivity index (χ3v) is 9.49. The molecule has 15 heteroatoms. The van der Waals surface area contributed by atoms with Crippen LogP contribution in [-0.2, 0) is 19.9 Å². The predicted octanol–water partition coefficient (Wildman–Crippen LogP) is 1.73. The van der Waals surface area contributed by atoms with Crippen LogP contribution in [0.2, 0.25) is 0 Å². The number of alkyl halides is 2. The number of sulfonamides is 1. The minimum Gasteiger partial charge on any atom is -0.377 e. The molecule has 0 spiro atoms. The summed E-state index contributed by atoms with van der Waals surface area (Å²) in [4.78, 5) is 18.1. The molecule has 1 fully saturated rings. The fourth-order valence-corrected chi connectivity index (χ4v) is 7.22. The van der Waals surface area contributed by atoms with E-state index in [2.05, 4.69) is 10.3 Å². The van der Waals surface area contributed by atoms with Gasteiger partial charge in [0.05, 0.1) is 22.5 Å². The van der Waals surface area contributed by atoms with Gasteiger partial charge in [-0.25, -0.2) is 35.7 Å². The van der Waals surface area contributed by atoms with Gasteiger partial charge in [0.25, 0.3) is 11.8 Å². The third kappa shape index (κ3) is 6.71. The van der Waals surface area contributed by atoms with Gasteiger partial charge in [0.15, 0.2) is 15.1 Å². The maximum Gasteiger partial charge on any atom is 0.267 e. The number of carbonyl (C=O) groups is 1. The van der Waals surface area contributed by atoms with Crippen molar-refractivity contribution in [1.82, 2.24) is 15.2 Å². The highest BCUT2D eigenvalue weighted by atomic mass is 32.2. The first-order chi connectivity index (χ1) is 17.6. The van der Waals surface area contributed by atoms with Crippen LogP contribution in [0.5, 0.6) is 0 Å². The lowest BCUT2D eigenvalue weighted by atomic mass is 10.0. The molecule has 4 N–H and O–H groups in total. The molecular weight excluding hydrogens is 562 g/mol. The van der Waals surface area contributed by atoms with Crippen molar-refractivity contribution >= 4 is 47.3 Å². The molecule has 0 aliphatic carbocycles. The number of carbonyl (C=O) groups excluding carboxylic acids is 1. The van der Waals surface area contributed by atoms with Crippen LogP contribution in [-0.4, -0.2) is 81.5 Å². The van der Waals surface area contributed by atoms with Crippen LogP contribution >= 0.6 is 11.3 Å². The summed E-state index contributed by atoms with van der Waals surface area (Å²) in [6.45, 7) is -0.842. The van der Waals surface area contributed by atoms with Crippen molar-refractivity contribution in [2.24, 2.45) is 5.14 Å². The number of nitrogens with one attached hydrogen (secondary N) is 1. The van der Waals surface area contributed by atoms with E-state index in [4.69, 9.17) is 5.14 Å². The lowest BCUT2D eigenvalue weighted by molar-refractivity contribution is 0.0120. The molecule has 1 saturated heterocycles. The zero-order valence-corrected chi connectivity index (χ0v) is 22.6. The average molecular weight is 589 g/mol. The Labute approximate surface area is 222 Å². The van der Waals surface area contributed by atoms with E-state index in [0.29, 0.717) is 15.8 Å². The van der Waals surface area contributed by atoms with Crippen LogP contribution in [0, 0.1) is 0 Å². The second-order valence-electron chi connectivity index (χ2n) is 9.16. The summed E-state index contributed by atoms with van der Waals surface area (Å²) in [5, 5.41) is 16.6. The summed E-state index contributed by atoms with van der Waals surface area (Å²) in [7, 11) is -7.65. The third-order valence-electron chi connectivity index (χ3n) is 6.06. The Balaban J connectivity index is 1.55. The van der Waals surface area contributed by atoms with Crippen molar-refractivity contribution in [3.05, 3.63) is 53.0 Å². The highest BCUT2D eigenvalue weighted by molar-refractivity contribution is 7.91. The van der Waals surface area contributed by atoms with Gasteiger partial charge in [0, 0.05) is 31.3 Å². The molecular formula is C23H26F2N4O6S3. The largest absolute Gasteiger partial charge is 0.377 e. The Hall–Kier alpha value is -2.56. The Morgan fingerprint density at radius 3 is 2.42 bits per heavy atom. The molecule has 3 aromatic rings. The zero-order valence-electron chi connectivity index (χ0n) is 20.2. The number of hydrogen-bond donors (Lipinski definition) is 3. The monoisotopic (exact) mass is 588 g/mol. The minimum absolute atomic E-state index is 0.00275. The Morgan fingerprint density at radius 2 is 1.84 bits per heavy atom. The molecule has 206 valence electrons.